The number of aromatic nitrogens is 3. The first-order chi connectivity index (χ1) is 20.6. The molecule has 42 heavy (non-hydrogen) atoms. The van der Waals surface area contributed by atoms with Gasteiger partial charge < -0.3 is 24.8 Å². The van der Waals surface area contributed by atoms with E-state index >= 15 is 4.39 Å². The van der Waals surface area contributed by atoms with Gasteiger partial charge in [0.15, 0.2) is 5.82 Å². The van der Waals surface area contributed by atoms with Crippen molar-refractivity contribution in [2.75, 3.05) is 50.8 Å². The van der Waals surface area contributed by atoms with E-state index in [2.05, 4.69) is 32.0 Å². The average molecular weight is 573 g/mol. The van der Waals surface area contributed by atoms with Gasteiger partial charge in [0, 0.05) is 56.6 Å². The molecule has 0 spiro atoms. The number of aromatic hydroxyl groups is 1. The highest BCUT2D eigenvalue weighted by atomic mass is 19.1. The number of ether oxygens (including phenoxy) is 2. The smallest absolute Gasteiger partial charge is 0.319 e. The van der Waals surface area contributed by atoms with Crippen molar-refractivity contribution in [3.05, 3.63) is 48.4 Å². The van der Waals surface area contributed by atoms with Crippen LogP contribution in [0.2, 0.25) is 0 Å². The van der Waals surface area contributed by atoms with Crippen LogP contribution in [0.25, 0.3) is 32.9 Å². The van der Waals surface area contributed by atoms with Crippen molar-refractivity contribution in [3.8, 4) is 23.0 Å². The van der Waals surface area contributed by atoms with Crippen LogP contribution < -0.4 is 15.0 Å². The standard InChI is InChI=1S/C32H37FN6O3/c1-2-24-19-38(11-13-41-24)10-5-12-42-32-36-30-27(31(37-32)39-17-21-8-9-22(18-39)35-21)16-34-29(28(30)33)26-15-23(40)14-20-6-3-4-7-25(20)26/h3-4,6-7,14-16,21-22,24,35,40H,2,5,8-13,17-19H2,1H3/t21?,22?,24-/m0/s1. The van der Waals surface area contributed by atoms with Crippen LogP contribution in [-0.2, 0) is 4.74 Å². The monoisotopic (exact) mass is 572 g/mol. The molecule has 3 saturated heterocycles. The van der Waals surface area contributed by atoms with Crippen LogP contribution in [0.4, 0.5) is 10.2 Å². The molecule has 3 fully saturated rings. The highest BCUT2D eigenvalue weighted by Crippen LogP contribution is 2.37. The largest absolute Gasteiger partial charge is 0.508 e. The van der Waals surface area contributed by atoms with Crippen LogP contribution in [0.1, 0.15) is 32.6 Å². The SMILES string of the molecule is CC[C@H]1CN(CCCOc2nc(N3CC4CCC(C3)N4)c3cnc(-c4cc(O)cc5ccccc45)c(F)c3n2)CCO1. The molecular formula is C32H37FN6O3. The molecule has 3 aliphatic heterocycles. The fourth-order valence-corrected chi connectivity index (χ4v) is 6.66. The number of piperazine rings is 1. The van der Waals surface area contributed by atoms with Crippen molar-refractivity contribution in [2.45, 2.75) is 50.8 Å². The van der Waals surface area contributed by atoms with Gasteiger partial charge in [-0.05, 0) is 48.6 Å². The van der Waals surface area contributed by atoms with Crippen LogP contribution in [0, 0.1) is 5.82 Å². The summed E-state index contributed by atoms with van der Waals surface area (Å²) in [4.78, 5) is 18.6. The van der Waals surface area contributed by atoms with Crippen LogP contribution in [-0.4, -0.2) is 89.1 Å². The summed E-state index contributed by atoms with van der Waals surface area (Å²) in [5.41, 5.74) is 0.837. The highest BCUT2D eigenvalue weighted by molar-refractivity contribution is 5.99. The van der Waals surface area contributed by atoms with Crippen molar-refractivity contribution in [1.29, 1.82) is 0 Å². The van der Waals surface area contributed by atoms with E-state index in [4.69, 9.17) is 14.5 Å². The number of morpholine rings is 1. The Morgan fingerprint density at radius 3 is 2.76 bits per heavy atom. The normalized spacial score (nSPS) is 22.7. The minimum absolute atomic E-state index is 0.0548. The lowest BCUT2D eigenvalue weighted by Gasteiger charge is -2.34. The lowest BCUT2D eigenvalue weighted by atomic mass is 10.0. The summed E-state index contributed by atoms with van der Waals surface area (Å²) in [5.74, 6) is 0.166. The minimum Gasteiger partial charge on any atom is -0.508 e. The van der Waals surface area contributed by atoms with Crippen molar-refractivity contribution < 1.29 is 19.0 Å². The van der Waals surface area contributed by atoms with Gasteiger partial charge in [0.25, 0.3) is 0 Å². The zero-order chi connectivity index (χ0) is 28.6. The van der Waals surface area contributed by atoms with E-state index in [-0.39, 0.29) is 29.1 Å². The molecule has 2 bridgehead atoms. The zero-order valence-electron chi connectivity index (χ0n) is 23.9. The summed E-state index contributed by atoms with van der Waals surface area (Å²) in [7, 11) is 0. The number of rotatable bonds is 8. The number of phenols is 1. The molecule has 0 saturated carbocycles. The molecule has 2 aromatic heterocycles. The lowest BCUT2D eigenvalue weighted by Crippen LogP contribution is -2.51. The van der Waals surface area contributed by atoms with Crippen molar-refractivity contribution in [1.82, 2.24) is 25.2 Å². The summed E-state index contributed by atoms with van der Waals surface area (Å²) in [6.45, 7) is 7.67. The Balaban J connectivity index is 1.22. The Kier molecular flexibility index (Phi) is 7.52. The predicted molar refractivity (Wildman–Crippen MR) is 161 cm³/mol. The van der Waals surface area contributed by atoms with Crippen LogP contribution in [0.15, 0.2) is 42.6 Å². The van der Waals surface area contributed by atoms with Gasteiger partial charge in [-0.2, -0.15) is 9.97 Å². The van der Waals surface area contributed by atoms with Gasteiger partial charge in [-0.25, -0.2) is 4.39 Å². The van der Waals surface area contributed by atoms with Gasteiger partial charge in [-0.1, -0.05) is 31.2 Å². The molecule has 9 nitrogen and oxygen atoms in total. The Morgan fingerprint density at radius 2 is 1.93 bits per heavy atom. The lowest BCUT2D eigenvalue weighted by molar-refractivity contribution is -0.0306. The van der Waals surface area contributed by atoms with E-state index in [9.17, 15) is 5.11 Å². The Bertz CT molecular complexity index is 1590. The van der Waals surface area contributed by atoms with Gasteiger partial charge >= 0.3 is 6.01 Å². The van der Waals surface area contributed by atoms with Crippen molar-refractivity contribution >= 4 is 27.5 Å². The van der Waals surface area contributed by atoms with E-state index in [1.165, 1.54) is 0 Å². The van der Waals surface area contributed by atoms with E-state index in [0.29, 0.717) is 35.5 Å². The van der Waals surface area contributed by atoms with Crippen molar-refractivity contribution in [3.63, 3.8) is 0 Å². The molecule has 0 aliphatic carbocycles. The predicted octanol–water partition coefficient (Wildman–Crippen LogP) is 4.51. The van der Waals surface area contributed by atoms with Crippen LogP contribution >= 0.6 is 0 Å². The third kappa shape index (κ3) is 5.34. The second-order valence-corrected chi connectivity index (χ2v) is 11.7. The number of phenolic OH excluding ortho intramolecular Hbond substituents is 1. The molecular weight excluding hydrogens is 535 g/mol. The molecule has 7 rings (SSSR count). The summed E-state index contributed by atoms with van der Waals surface area (Å²) in [6.07, 6.45) is 6.01. The van der Waals surface area contributed by atoms with E-state index in [0.717, 1.165) is 75.8 Å². The number of hydrogen-bond acceptors (Lipinski definition) is 9. The highest BCUT2D eigenvalue weighted by Gasteiger charge is 2.34. The molecule has 2 N–H and O–H groups in total. The topological polar surface area (TPSA) is 95.9 Å². The number of halogens is 1. The van der Waals surface area contributed by atoms with Gasteiger partial charge in [-0.3, -0.25) is 9.88 Å². The Morgan fingerprint density at radius 1 is 1.10 bits per heavy atom. The first-order valence-electron chi connectivity index (χ1n) is 15.1. The van der Waals surface area contributed by atoms with Gasteiger partial charge in [0.05, 0.1) is 24.7 Å². The van der Waals surface area contributed by atoms with Gasteiger partial charge in [-0.15, -0.1) is 0 Å². The third-order valence-corrected chi connectivity index (χ3v) is 8.79. The van der Waals surface area contributed by atoms with Gasteiger partial charge in [0.1, 0.15) is 22.8 Å². The number of anilines is 1. The number of benzene rings is 2. The second-order valence-electron chi connectivity index (χ2n) is 11.7. The fraction of sp³-hybridized carbons (Fsp3) is 0.469. The number of fused-ring (bicyclic) bond motifs is 4. The molecule has 2 unspecified atom stereocenters. The summed E-state index contributed by atoms with van der Waals surface area (Å²) in [5, 5.41) is 16.2. The maximum Gasteiger partial charge on any atom is 0.319 e. The molecule has 10 heteroatoms. The molecule has 4 aromatic rings. The van der Waals surface area contributed by atoms with E-state index < -0.39 is 5.82 Å². The Labute approximate surface area is 244 Å². The molecule has 5 heterocycles. The minimum atomic E-state index is -0.547. The Hall–Kier alpha value is -3.60. The quantitative estimate of drug-likeness (QED) is 0.296. The fourth-order valence-electron chi connectivity index (χ4n) is 6.66. The van der Waals surface area contributed by atoms with E-state index in [1.54, 1.807) is 18.3 Å². The molecule has 0 radical (unpaired) electrons. The molecule has 2 aromatic carbocycles. The van der Waals surface area contributed by atoms with Crippen LogP contribution in [0.5, 0.6) is 11.8 Å². The summed E-state index contributed by atoms with van der Waals surface area (Å²) >= 11 is 0. The third-order valence-electron chi connectivity index (χ3n) is 8.79. The number of nitrogens with one attached hydrogen (secondary N) is 1. The average Bonchev–Trinajstić information content (AvgIpc) is 3.36. The summed E-state index contributed by atoms with van der Waals surface area (Å²) in [6, 6.07) is 11.7. The maximum atomic E-state index is 16.5. The van der Waals surface area contributed by atoms with E-state index in [1.807, 2.05) is 24.3 Å². The molecule has 3 aliphatic rings. The van der Waals surface area contributed by atoms with Gasteiger partial charge in [0.2, 0.25) is 0 Å². The first kappa shape index (κ1) is 27.2. The molecule has 0 amide bonds. The molecule has 3 atom stereocenters. The summed E-state index contributed by atoms with van der Waals surface area (Å²) < 4.78 is 28.4. The first-order valence-corrected chi connectivity index (χ1v) is 15.1. The van der Waals surface area contributed by atoms with Crippen molar-refractivity contribution in [2.24, 2.45) is 0 Å². The number of nitrogens with zero attached hydrogens (tertiary/aromatic N) is 5. The number of hydrogen-bond donors (Lipinski definition) is 2. The number of pyridine rings is 1. The molecule has 220 valence electrons. The van der Waals surface area contributed by atoms with Crippen LogP contribution in [0.3, 0.4) is 0 Å². The maximum absolute atomic E-state index is 16.5. The zero-order valence-corrected chi connectivity index (χ0v) is 23.9. The second kappa shape index (κ2) is 11.6.